The predicted molar refractivity (Wildman–Crippen MR) is 74.0 cm³/mol. The molecule has 1 rings (SSSR count). The van der Waals surface area contributed by atoms with E-state index in [0.29, 0.717) is 6.54 Å². The van der Waals surface area contributed by atoms with Crippen molar-refractivity contribution in [3.8, 4) is 5.75 Å². The maximum atomic E-state index is 11.9. The number of hydrogen-bond donors (Lipinski definition) is 0. The lowest BCUT2D eigenvalue weighted by atomic mass is 10.0. The van der Waals surface area contributed by atoms with Gasteiger partial charge in [-0.1, -0.05) is 12.1 Å². The van der Waals surface area contributed by atoms with E-state index in [9.17, 15) is 4.79 Å². The standard InChI is InChI=1S/C14H20ClNO2/c1-14(2,3)16(13(17)9-15)10-11-5-7-12(18-4)8-6-11/h5-8H,9-10H2,1-4H3. The predicted octanol–water partition coefficient (Wildman–Crippen LogP) is 3.06. The summed E-state index contributed by atoms with van der Waals surface area (Å²) in [5, 5.41) is 0. The Kier molecular flexibility index (Phi) is 5.03. The van der Waals surface area contributed by atoms with Gasteiger partial charge in [-0.25, -0.2) is 0 Å². The lowest BCUT2D eigenvalue weighted by molar-refractivity contribution is -0.133. The molecule has 0 aromatic heterocycles. The zero-order valence-electron chi connectivity index (χ0n) is 11.4. The average molecular weight is 270 g/mol. The number of hydrogen-bond acceptors (Lipinski definition) is 2. The SMILES string of the molecule is COc1ccc(CN(C(=O)CCl)C(C)(C)C)cc1. The van der Waals surface area contributed by atoms with Crippen LogP contribution >= 0.6 is 11.6 Å². The van der Waals surface area contributed by atoms with Crippen molar-refractivity contribution in [2.45, 2.75) is 32.9 Å². The number of alkyl halides is 1. The number of rotatable bonds is 4. The molecule has 100 valence electrons. The van der Waals surface area contributed by atoms with Crippen LogP contribution < -0.4 is 4.74 Å². The molecule has 0 saturated heterocycles. The first kappa shape index (κ1) is 14.8. The molecule has 3 nitrogen and oxygen atoms in total. The van der Waals surface area contributed by atoms with Gasteiger partial charge >= 0.3 is 0 Å². The second-order valence-corrected chi connectivity index (χ2v) is 5.40. The van der Waals surface area contributed by atoms with Crippen LogP contribution in [-0.4, -0.2) is 29.3 Å². The van der Waals surface area contributed by atoms with E-state index in [-0.39, 0.29) is 17.3 Å². The molecular formula is C14H20ClNO2. The van der Waals surface area contributed by atoms with Crippen molar-refractivity contribution in [1.82, 2.24) is 4.90 Å². The molecule has 0 unspecified atom stereocenters. The number of benzene rings is 1. The van der Waals surface area contributed by atoms with Crippen LogP contribution in [0.1, 0.15) is 26.3 Å². The molecule has 1 amide bonds. The van der Waals surface area contributed by atoms with Crippen molar-refractivity contribution < 1.29 is 9.53 Å². The maximum absolute atomic E-state index is 11.9. The number of carbonyl (C=O) groups excluding carboxylic acids is 1. The van der Waals surface area contributed by atoms with Crippen LogP contribution in [0.2, 0.25) is 0 Å². The molecule has 0 saturated carbocycles. The Morgan fingerprint density at radius 3 is 2.22 bits per heavy atom. The van der Waals surface area contributed by atoms with Crippen molar-refractivity contribution in [3.63, 3.8) is 0 Å². The smallest absolute Gasteiger partial charge is 0.238 e. The third-order valence-electron chi connectivity index (χ3n) is 2.72. The molecule has 0 atom stereocenters. The zero-order chi connectivity index (χ0) is 13.8. The molecular weight excluding hydrogens is 250 g/mol. The monoisotopic (exact) mass is 269 g/mol. The molecule has 0 spiro atoms. The highest BCUT2D eigenvalue weighted by Crippen LogP contribution is 2.19. The van der Waals surface area contributed by atoms with Crippen molar-refractivity contribution in [2.24, 2.45) is 0 Å². The molecule has 1 aromatic rings. The Hall–Kier alpha value is -1.22. The molecule has 1 aromatic carbocycles. The highest BCUT2D eigenvalue weighted by Gasteiger charge is 2.25. The fraction of sp³-hybridized carbons (Fsp3) is 0.500. The van der Waals surface area contributed by atoms with Crippen molar-refractivity contribution >= 4 is 17.5 Å². The minimum absolute atomic E-state index is 0.00737. The van der Waals surface area contributed by atoms with E-state index in [2.05, 4.69) is 0 Å². The summed E-state index contributed by atoms with van der Waals surface area (Å²) in [5.41, 5.74) is 0.815. The third kappa shape index (κ3) is 3.91. The molecule has 0 heterocycles. The third-order valence-corrected chi connectivity index (χ3v) is 2.95. The van der Waals surface area contributed by atoms with Gasteiger partial charge in [0.1, 0.15) is 11.6 Å². The van der Waals surface area contributed by atoms with Crippen LogP contribution in [0.15, 0.2) is 24.3 Å². The Morgan fingerprint density at radius 1 is 1.28 bits per heavy atom. The molecule has 0 fully saturated rings. The molecule has 4 heteroatoms. The number of nitrogens with zero attached hydrogens (tertiary/aromatic N) is 1. The maximum Gasteiger partial charge on any atom is 0.238 e. The van der Waals surface area contributed by atoms with Gasteiger partial charge in [0.2, 0.25) is 5.91 Å². The van der Waals surface area contributed by atoms with E-state index in [1.54, 1.807) is 12.0 Å². The minimum atomic E-state index is -0.244. The fourth-order valence-corrected chi connectivity index (χ4v) is 1.83. The van der Waals surface area contributed by atoms with Crippen LogP contribution in [-0.2, 0) is 11.3 Å². The van der Waals surface area contributed by atoms with E-state index in [1.165, 1.54) is 0 Å². The van der Waals surface area contributed by atoms with Crippen LogP contribution in [0.3, 0.4) is 0 Å². The van der Waals surface area contributed by atoms with Gasteiger partial charge in [0.25, 0.3) is 0 Å². The van der Waals surface area contributed by atoms with Crippen LogP contribution in [0.5, 0.6) is 5.75 Å². The first-order valence-electron chi connectivity index (χ1n) is 5.88. The summed E-state index contributed by atoms with van der Waals surface area (Å²) in [6, 6.07) is 7.70. The topological polar surface area (TPSA) is 29.5 Å². The van der Waals surface area contributed by atoms with Gasteiger partial charge in [-0.2, -0.15) is 0 Å². The van der Waals surface area contributed by atoms with Crippen LogP contribution in [0, 0.1) is 0 Å². The van der Waals surface area contributed by atoms with Crippen molar-refractivity contribution in [1.29, 1.82) is 0 Å². The first-order valence-corrected chi connectivity index (χ1v) is 6.41. The Labute approximate surface area is 114 Å². The van der Waals surface area contributed by atoms with E-state index in [4.69, 9.17) is 16.3 Å². The molecule has 0 bridgehead atoms. The number of ether oxygens (including phenoxy) is 1. The van der Waals surface area contributed by atoms with E-state index in [1.807, 2.05) is 45.0 Å². The lowest BCUT2D eigenvalue weighted by Crippen LogP contribution is -2.45. The molecule has 0 N–H and O–H groups in total. The van der Waals surface area contributed by atoms with Crippen molar-refractivity contribution in [2.75, 3.05) is 13.0 Å². The van der Waals surface area contributed by atoms with Gasteiger partial charge in [-0.15, -0.1) is 11.6 Å². The second-order valence-electron chi connectivity index (χ2n) is 5.13. The van der Waals surface area contributed by atoms with Gasteiger partial charge in [-0.05, 0) is 38.5 Å². The summed E-state index contributed by atoms with van der Waals surface area (Å²) in [4.78, 5) is 13.6. The molecule has 0 aliphatic carbocycles. The van der Waals surface area contributed by atoms with Gasteiger partial charge < -0.3 is 9.64 Å². The zero-order valence-corrected chi connectivity index (χ0v) is 12.1. The highest BCUT2D eigenvalue weighted by atomic mass is 35.5. The second kappa shape index (κ2) is 6.10. The number of carbonyl (C=O) groups is 1. The number of amides is 1. The first-order chi connectivity index (χ1) is 8.38. The Bertz CT molecular complexity index is 395. The summed E-state index contributed by atoms with van der Waals surface area (Å²) >= 11 is 5.66. The largest absolute Gasteiger partial charge is 0.497 e. The van der Waals surface area contributed by atoms with Gasteiger partial charge in [-0.3, -0.25) is 4.79 Å². The van der Waals surface area contributed by atoms with E-state index in [0.717, 1.165) is 11.3 Å². The lowest BCUT2D eigenvalue weighted by Gasteiger charge is -2.35. The Morgan fingerprint density at radius 2 is 1.83 bits per heavy atom. The minimum Gasteiger partial charge on any atom is -0.497 e. The average Bonchev–Trinajstić information content (AvgIpc) is 2.34. The summed E-state index contributed by atoms with van der Waals surface area (Å²) in [6.45, 7) is 6.56. The molecule has 0 aliphatic heterocycles. The summed E-state index contributed by atoms with van der Waals surface area (Å²) in [5.74, 6) is 0.762. The van der Waals surface area contributed by atoms with E-state index >= 15 is 0 Å². The molecule has 0 radical (unpaired) electrons. The normalized spacial score (nSPS) is 11.2. The quantitative estimate of drug-likeness (QED) is 0.787. The summed E-state index contributed by atoms with van der Waals surface area (Å²) < 4.78 is 5.11. The molecule has 18 heavy (non-hydrogen) atoms. The van der Waals surface area contributed by atoms with Gasteiger partial charge in [0.05, 0.1) is 7.11 Å². The fourth-order valence-electron chi connectivity index (χ4n) is 1.69. The van der Waals surface area contributed by atoms with E-state index < -0.39 is 0 Å². The van der Waals surface area contributed by atoms with Crippen molar-refractivity contribution in [3.05, 3.63) is 29.8 Å². The van der Waals surface area contributed by atoms with Crippen LogP contribution in [0.4, 0.5) is 0 Å². The highest BCUT2D eigenvalue weighted by molar-refractivity contribution is 6.27. The van der Waals surface area contributed by atoms with Gasteiger partial charge in [0.15, 0.2) is 0 Å². The summed E-state index contributed by atoms with van der Waals surface area (Å²) in [6.07, 6.45) is 0. The number of methoxy groups -OCH3 is 1. The summed E-state index contributed by atoms with van der Waals surface area (Å²) in [7, 11) is 1.63. The number of halogens is 1. The molecule has 0 aliphatic rings. The van der Waals surface area contributed by atoms with Gasteiger partial charge in [0, 0.05) is 12.1 Å². The Balaban J connectivity index is 2.86. The van der Waals surface area contributed by atoms with Crippen LogP contribution in [0.25, 0.3) is 0 Å².